The van der Waals surface area contributed by atoms with Gasteiger partial charge in [0, 0.05) is 24.8 Å². The number of nitrogens with zero attached hydrogens (tertiary/aromatic N) is 2. The van der Waals surface area contributed by atoms with Gasteiger partial charge in [-0.15, -0.1) is 0 Å². The Morgan fingerprint density at radius 2 is 2.00 bits per heavy atom. The minimum atomic E-state index is 0.0779. The Balaban J connectivity index is 1.44. The van der Waals surface area contributed by atoms with Crippen molar-refractivity contribution in [1.82, 2.24) is 4.98 Å². The summed E-state index contributed by atoms with van der Waals surface area (Å²) in [7, 11) is 0. The Morgan fingerprint density at radius 1 is 1.14 bits per heavy atom. The van der Waals surface area contributed by atoms with Gasteiger partial charge in [-0.05, 0) is 60.9 Å². The largest absolute Gasteiger partial charge is 0.471 e. The summed E-state index contributed by atoms with van der Waals surface area (Å²) < 4.78 is 12.2. The highest BCUT2D eigenvalue weighted by Crippen LogP contribution is 2.32. The molecule has 1 fully saturated rings. The summed E-state index contributed by atoms with van der Waals surface area (Å²) in [6, 6.07) is 18.1. The molecule has 1 saturated heterocycles. The van der Waals surface area contributed by atoms with Gasteiger partial charge >= 0.3 is 0 Å². The topological polar surface area (TPSA) is 34.6 Å². The molecule has 1 atom stereocenters. The van der Waals surface area contributed by atoms with E-state index in [0.29, 0.717) is 10.9 Å². The second kappa shape index (κ2) is 8.75. The Labute approximate surface area is 177 Å². The van der Waals surface area contributed by atoms with Gasteiger partial charge in [0.2, 0.25) is 5.88 Å². The number of rotatable bonds is 6. The van der Waals surface area contributed by atoms with Gasteiger partial charge in [0.15, 0.2) is 0 Å². The van der Waals surface area contributed by atoms with Gasteiger partial charge in [-0.3, -0.25) is 0 Å². The number of pyridine rings is 1. The third-order valence-corrected chi connectivity index (χ3v) is 5.53. The molecule has 1 aliphatic rings. The molecule has 0 radical (unpaired) electrons. The van der Waals surface area contributed by atoms with Crippen molar-refractivity contribution < 1.29 is 9.47 Å². The van der Waals surface area contributed by atoms with Crippen LogP contribution in [0.2, 0.25) is 5.02 Å². The van der Waals surface area contributed by atoms with Crippen molar-refractivity contribution in [2.45, 2.75) is 32.8 Å². The molecule has 0 spiro atoms. The molecule has 3 aromatic rings. The van der Waals surface area contributed by atoms with E-state index in [4.69, 9.17) is 21.1 Å². The van der Waals surface area contributed by atoms with Crippen LogP contribution in [0.3, 0.4) is 0 Å². The van der Waals surface area contributed by atoms with Crippen LogP contribution in [0.25, 0.3) is 0 Å². The molecule has 1 unspecified atom stereocenters. The number of aryl methyl sites for hydroxylation is 2. The van der Waals surface area contributed by atoms with Crippen molar-refractivity contribution in [3.05, 3.63) is 76.9 Å². The van der Waals surface area contributed by atoms with Crippen molar-refractivity contribution in [2.75, 3.05) is 18.0 Å². The first kappa shape index (κ1) is 19.6. The number of halogens is 1. The molecule has 0 amide bonds. The van der Waals surface area contributed by atoms with E-state index < -0.39 is 0 Å². The van der Waals surface area contributed by atoms with Crippen molar-refractivity contribution in [3.63, 3.8) is 0 Å². The second-order valence-corrected chi connectivity index (χ2v) is 7.68. The molecule has 2 aromatic carbocycles. The SMILES string of the molecule is CCc1ccccc1Oc1ccc(N2CCC(Oc3ncccc3Cl)C2)c(C)c1. The summed E-state index contributed by atoms with van der Waals surface area (Å²) in [6.07, 6.45) is 3.67. The molecule has 4 nitrogen and oxygen atoms in total. The summed E-state index contributed by atoms with van der Waals surface area (Å²) >= 11 is 6.17. The van der Waals surface area contributed by atoms with Crippen LogP contribution in [-0.4, -0.2) is 24.2 Å². The zero-order valence-corrected chi connectivity index (χ0v) is 17.5. The van der Waals surface area contributed by atoms with E-state index in [1.54, 1.807) is 12.3 Å². The summed E-state index contributed by atoms with van der Waals surface area (Å²) in [5.41, 5.74) is 3.61. The second-order valence-electron chi connectivity index (χ2n) is 7.28. The van der Waals surface area contributed by atoms with Crippen LogP contribution in [0.15, 0.2) is 60.8 Å². The first-order chi connectivity index (χ1) is 14.1. The molecular weight excluding hydrogens is 384 g/mol. The Morgan fingerprint density at radius 3 is 2.79 bits per heavy atom. The smallest absolute Gasteiger partial charge is 0.232 e. The standard InChI is InChI=1S/C24H25ClN2O2/c1-3-18-7-4-5-9-23(18)28-19-10-11-22(17(2)15-19)27-14-12-20(16-27)29-24-21(25)8-6-13-26-24/h4-11,13,15,20H,3,12,14,16H2,1-2H3. The number of benzene rings is 2. The molecule has 2 heterocycles. The number of hydrogen-bond donors (Lipinski definition) is 0. The maximum Gasteiger partial charge on any atom is 0.232 e. The van der Waals surface area contributed by atoms with Gasteiger partial charge < -0.3 is 14.4 Å². The van der Waals surface area contributed by atoms with Gasteiger partial charge in [0.05, 0.1) is 6.54 Å². The van der Waals surface area contributed by atoms with E-state index >= 15 is 0 Å². The monoisotopic (exact) mass is 408 g/mol. The number of aromatic nitrogens is 1. The van der Waals surface area contributed by atoms with Crippen LogP contribution in [0.5, 0.6) is 17.4 Å². The zero-order chi connectivity index (χ0) is 20.2. The molecule has 4 rings (SSSR count). The fourth-order valence-corrected chi connectivity index (χ4v) is 3.89. The highest BCUT2D eigenvalue weighted by atomic mass is 35.5. The van der Waals surface area contributed by atoms with Crippen molar-refractivity contribution >= 4 is 17.3 Å². The van der Waals surface area contributed by atoms with Crippen molar-refractivity contribution in [1.29, 1.82) is 0 Å². The highest BCUT2D eigenvalue weighted by Gasteiger charge is 2.26. The van der Waals surface area contributed by atoms with Crippen LogP contribution in [0.4, 0.5) is 5.69 Å². The van der Waals surface area contributed by atoms with Gasteiger partial charge in [-0.1, -0.05) is 36.7 Å². The van der Waals surface area contributed by atoms with Crippen LogP contribution in [0.1, 0.15) is 24.5 Å². The van der Waals surface area contributed by atoms with E-state index in [1.165, 1.54) is 16.8 Å². The summed E-state index contributed by atoms with van der Waals surface area (Å²) in [6.45, 7) is 6.01. The minimum Gasteiger partial charge on any atom is -0.471 e. The first-order valence-corrected chi connectivity index (χ1v) is 10.4. The molecule has 0 saturated carbocycles. The molecule has 5 heteroatoms. The normalized spacial score (nSPS) is 16.1. The molecule has 1 aromatic heterocycles. The number of anilines is 1. The third kappa shape index (κ3) is 4.48. The van der Waals surface area contributed by atoms with Crippen LogP contribution >= 0.6 is 11.6 Å². The highest BCUT2D eigenvalue weighted by molar-refractivity contribution is 6.31. The van der Waals surface area contributed by atoms with Crippen molar-refractivity contribution in [2.24, 2.45) is 0 Å². The van der Waals surface area contributed by atoms with Gasteiger partial charge in [0.25, 0.3) is 0 Å². The predicted molar refractivity (Wildman–Crippen MR) is 118 cm³/mol. The first-order valence-electron chi connectivity index (χ1n) is 10.0. The van der Waals surface area contributed by atoms with E-state index in [1.807, 2.05) is 30.3 Å². The lowest BCUT2D eigenvalue weighted by Gasteiger charge is -2.22. The van der Waals surface area contributed by atoms with Crippen LogP contribution in [-0.2, 0) is 6.42 Å². The molecular formula is C24H25ClN2O2. The molecule has 0 N–H and O–H groups in total. The maximum absolute atomic E-state index is 6.17. The lowest BCUT2D eigenvalue weighted by atomic mass is 10.1. The molecule has 0 bridgehead atoms. The van der Waals surface area contributed by atoms with E-state index in [9.17, 15) is 0 Å². The van der Waals surface area contributed by atoms with Gasteiger partial charge in [-0.2, -0.15) is 0 Å². The number of ether oxygens (including phenoxy) is 2. The molecule has 0 aliphatic carbocycles. The summed E-state index contributed by atoms with van der Waals surface area (Å²) in [5, 5.41) is 0.552. The quantitative estimate of drug-likeness (QED) is 0.496. The predicted octanol–water partition coefficient (Wildman–Crippen LogP) is 6.06. The van der Waals surface area contributed by atoms with E-state index in [-0.39, 0.29) is 6.10 Å². The number of para-hydroxylation sites is 1. The Kier molecular flexibility index (Phi) is 5.91. The van der Waals surface area contributed by atoms with Gasteiger partial charge in [-0.25, -0.2) is 4.98 Å². The van der Waals surface area contributed by atoms with Crippen molar-refractivity contribution in [3.8, 4) is 17.4 Å². The average Bonchev–Trinajstić information content (AvgIpc) is 3.18. The fourth-order valence-electron chi connectivity index (χ4n) is 3.73. The average molecular weight is 409 g/mol. The fraction of sp³-hybridized carbons (Fsp3) is 0.292. The Bertz CT molecular complexity index is 992. The maximum atomic E-state index is 6.17. The Hall–Kier alpha value is -2.72. The summed E-state index contributed by atoms with van der Waals surface area (Å²) in [5.74, 6) is 2.29. The summed E-state index contributed by atoms with van der Waals surface area (Å²) in [4.78, 5) is 6.58. The van der Waals surface area contributed by atoms with E-state index in [0.717, 1.165) is 37.4 Å². The lowest BCUT2D eigenvalue weighted by Crippen LogP contribution is -2.25. The van der Waals surface area contributed by atoms with Crippen LogP contribution in [0, 0.1) is 6.92 Å². The van der Waals surface area contributed by atoms with Gasteiger partial charge in [0.1, 0.15) is 22.6 Å². The molecule has 150 valence electrons. The lowest BCUT2D eigenvalue weighted by molar-refractivity contribution is 0.216. The zero-order valence-electron chi connectivity index (χ0n) is 16.8. The molecule has 1 aliphatic heterocycles. The molecule has 29 heavy (non-hydrogen) atoms. The van der Waals surface area contributed by atoms with E-state index in [2.05, 4.69) is 41.9 Å². The van der Waals surface area contributed by atoms with Crippen LogP contribution < -0.4 is 14.4 Å². The minimum absolute atomic E-state index is 0.0779. The third-order valence-electron chi connectivity index (χ3n) is 5.24. The number of hydrogen-bond acceptors (Lipinski definition) is 4.